The third-order valence-electron chi connectivity index (χ3n) is 3.16. The van der Waals surface area contributed by atoms with Gasteiger partial charge in [-0.3, -0.25) is 4.79 Å². The van der Waals surface area contributed by atoms with Gasteiger partial charge in [-0.25, -0.2) is 4.79 Å². The van der Waals surface area contributed by atoms with Crippen molar-refractivity contribution < 1.29 is 19.1 Å². The zero-order chi connectivity index (χ0) is 14.7. The normalized spacial score (nSPS) is 23.1. The van der Waals surface area contributed by atoms with E-state index in [4.69, 9.17) is 9.47 Å². The fraction of sp³-hybridized carbons (Fsp3) is 0.714. The highest BCUT2D eigenvalue weighted by Crippen LogP contribution is 2.36. The molecule has 1 heterocycles. The van der Waals surface area contributed by atoms with E-state index in [-0.39, 0.29) is 12.1 Å². The first-order valence-corrected chi connectivity index (χ1v) is 6.41. The molecule has 0 saturated carbocycles. The standard InChI is InChI=1S/C14H23NO4/c1-6-7-14(11(16)18-5)8-9-15(10-14)12(17)19-13(2,3)4/h6H,1,7-10H2,2-5H3. The van der Waals surface area contributed by atoms with Gasteiger partial charge in [0.05, 0.1) is 12.5 Å². The lowest BCUT2D eigenvalue weighted by molar-refractivity contribution is -0.151. The summed E-state index contributed by atoms with van der Waals surface area (Å²) in [5.41, 5.74) is -1.21. The van der Waals surface area contributed by atoms with E-state index in [1.54, 1.807) is 11.0 Å². The summed E-state index contributed by atoms with van der Waals surface area (Å²) in [5, 5.41) is 0. The largest absolute Gasteiger partial charge is 0.469 e. The monoisotopic (exact) mass is 269 g/mol. The van der Waals surface area contributed by atoms with Crippen molar-refractivity contribution in [1.82, 2.24) is 4.90 Å². The number of esters is 1. The van der Waals surface area contributed by atoms with Gasteiger partial charge >= 0.3 is 12.1 Å². The molecular weight excluding hydrogens is 246 g/mol. The second-order valence-corrected chi connectivity index (χ2v) is 5.92. The zero-order valence-electron chi connectivity index (χ0n) is 12.2. The SMILES string of the molecule is C=CCC1(C(=O)OC)CCN(C(=O)OC(C)(C)C)C1. The van der Waals surface area contributed by atoms with Crippen LogP contribution in [0.5, 0.6) is 0 Å². The average Bonchev–Trinajstić information content (AvgIpc) is 2.72. The Morgan fingerprint density at radius 1 is 1.42 bits per heavy atom. The van der Waals surface area contributed by atoms with Crippen LogP contribution in [0.1, 0.15) is 33.6 Å². The van der Waals surface area contributed by atoms with Crippen LogP contribution in [-0.4, -0.2) is 42.8 Å². The number of ether oxygens (including phenoxy) is 2. The number of hydrogen-bond donors (Lipinski definition) is 0. The van der Waals surface area contributed by atoms with Gasteiger partial charge < -0.3 is 14.4 Å². The van der Waals surface area contributed by atoms with Gasteiger partial charge in [0.1, 0.15) is 5.60 Å². The van der Waals surface area contributed by atoms with Crippen molar-refractivity contribution in [1.29, 1.82) is 0 Å². The molecule has 0 aromatic rings. The lowest BCUT2D eigenvalue weighted by atomic mass is 9.84. The minimum absolute atomic E-state index is 0.293. The molecule has 0 radical (unpaired) electrons. The molecule has 19 heavy (non-hydrogen) atoms. The van der Waals surface area contributed by atoms with E-state index in [1.807, 2.05) is 20.8 Å². The van der Waals surface area contributed by atoms with Crippen LogP contribution in [0.25, 0.3) is 0 Å². The van der Waals surface area contributed by atoms with Gasteiger partial charge in [0.2, 0.25) is 0 Å². The smallest absolute Gasteiger partial charge is 0.410 e. The number of amides is 1. The number of rotatable bonds is 3. The maximum absolute atomic E-state index is 12.0. The number of allylic oxidation sites excluding steroid dienone is 1. The summed E-state index contributed by atoms with van der Waals surface area (Å²) in [6, 6.07) is 0. The van der Waals surface area contributed by atoms with Gasteiger partial charge in [-0.05, 0) is 33.6 Å². The third kappa shape index (κ3) is 3.72. The first kappa shape index (κ1) is 15.5. The summed E-state index contributed by atoms with van der Waals surface area (Å²) < 4.78 is 10.2. The van der Waals surface area contributed by atoms with Crippen molar-refractivity contribution in [3.8, 4) is 0 Å². The van der Waals surface area contributed by atoms with Crippen LogP contribution in [0, 0.1) is 5.41 Å². The van der Waals surface area contributed by atoms with Crippen molar-refractivity contribution in [2.24, 2.45) is 5.41 Å². The molecule has 0 aromatic carbocycles. The van der Waals surface area contributed by atoms with E-state index >= 15 is 0 Å². The molecule has 1 aliphatic rings. The summed E-state index contributed by atoms with van der Waals surface area (Å²) in [6.45, 7) is 9.94. The molecule has 1 aliphatic heterocycles. The molecule has 5 nitrogen and oxygen atoms in total. The van der Waals surface area contributed by atoms with Gasteiger partial charge in [0.15, 0.2) is 0 Å². The molecular formula is C14H23NO4. The maximum atomic E-state index is 12.0. The Hall–Kier alpha value is -1.52. The lowest BCUT2D eigenvalue weighted by Crippen LogP contribution is -2.39. The molecule has 108 valence electrons. The Morgan fingerprint density at radius 3 is 2.53 bits per heavy atom. The minimum atomic E-state index is -0.673. The van der Waals surface area contributed by atoms with E-state index in [1.165, 1.54) is 7.11 Å². The second-order valence-electron chi connectivity index (χ2n) is 5.92. The number of likely N-dealkylation sites (tertiary alicyclic amines) is 1. The maximum Gasteiger partial charge on any atom is 0.410 e. The predicted octanol–water partition coefficient (Wildman–Crippen LogP) is 2.36. The number of carbonyl (C=O) groups excluding carboxylic acids is 2. The summed E-state index contributed by atoms with van der Waals surface area (Å²) in [6.07, 6.45) is 2.38. The molecule has 0 N–H and O–H groups in total. The predicted molar refractivity (Wildman–Crippen MR) is 71.7 cm³/mol. The number of hydrogen-bond acceptors (Lipinski definition) is 4. The average molecular weight is 269 g/mol. The molecule has 0 spiro atoms. The third-order valence-corrected chi connectivity index (χ3v) is 3.16. The van der Waals surface area contributed by atoms with E-state index in [2.05, 4.69) is 6.58 Å². The highest BCUT2D eigenvalue weighted by molar-refractivity contribution is 5.79. The van der Waals surface area contributed by atoms with Crippen molar-refractivity contribution in [2.75, 3.05) is 20.2 Å². The van der Waals surface area contributed by atoms with Gasteiger partial charge in [0.25, 0.3) is 0 Å². The minimum Gasteiger partial charge on any atom is -0.469 e. The van der Waals surface area contributed by atoms with Crippen molar-refractivity contribution >= 4 is 12.1 Å². The van der Waals surface area contributed by atoms with Gasteiger partial charge in [0, 0.05) is 13.1 Å². The molecule has 1 atom stereocenters. The molecule has 5 heteroatoms. The number of methoxy groups -OCH3 is 1. The summed E-state index contributed by atoms with van der Waals surface area (Å²) in [7, 11) is 1.36. The first-order valence-electron chi connectivity index (χ1n) is 6.41. The number of nitrogens with zero attached hydrogens (tertiary/aromatic N) is 1. The van der Waals surface area contributed by atoms with Crippen LogP contribution in [0.4, 0.5) is 4.79 Å². The summed E-state index contributed by atoms with van der Waals surface area (Å²) >= 11 is 0. The topological polar surface area (TPSA) is 55.8 Å². The molecule has 0 aliphatic carbocycles. The van der Waals surface area contributed by atoms with E-state index in [9.17, 15) is 9.59 Å². The molecule has 1 fully saturated rings. The van der Waals surface area contributed by atoms with Gasteiger partial charge in [-0.1, -0.05) is 6.08 Å². The zero-order valence-corrected chi connectivity index (χ0v) is 12.2. The molecule has 1 amide bonds. The molecule has 0 aromatic heterocycles. The highest BCUT2D eigenvalue weighted by Gasteiger charge is 2.46. The van der Waals surface area contributed by atoms with E-state index < -0.39 is 11.0 Å². The van der Waals surface area contributed by atoms with E-state index in [0.717, 1.165) is 0 Å². The van der Waals surface area contributed by atoms with Crippen molar-refractivity contribution in [3.63, 3.8) is 0 Å². The summed E-state index contributed by atoms with van der Waals surface area (Å²) in [5.74, 6) is -0.293. The quantitative estimate of drug-likeness (QED) is 0.583. The molecule has 1 saturated heterocycles. The van der Waals surface area contributed by atoms with Crippen LogP contribution in [0.2, 0.25) is 0 Å². The van der Waals surface area contributed by atoms with Crippen LogP contribution < -0.4 is 0 Å². The Balaban J connectivity index is 2.76. The van der Waals surface area contributed by atoms with Crippen molar-refractivity contribution in [3.05, 3.63) is 12.7 Å². The van der Waals surface area contributed by atoms with Crippen LogP contribution in [0.15, 0.2) is 12.7 Å². The van der Waals surface area contributed by atoms with Crippen LogP contribution in [0.3, 0.4) is 0 Å². The Bertz CT molecular complexity index is 372. The Labute approximate surface area is 114 Å². The Kier molecular flexibility index (Phi) is 4.61. The van der Waals surface area contributed by atoms with Gasteiger partial charge in [-0.15, -0.1) is 6.58 Å². The number of carbonyl (C=O) groups is 2. The van der Waals surface area contributed by atoms with Crippen molar-refractivity contribution in [2.45, 2.75) is 39.2 Å². The molecule has 0 bridgehead atoms. The second kappa shape index (κ2) is 5.63. The summed E-state index contributed by atoms with van der Waals surface area (Å²) in [4.78, 5) is 25.5. The highest BCUT2D eigenvalue weighted by atomic mass is 16.6. The first-order chi connectivity index (χ1) is 8.74. The molecule has 1 rings (SSSR count). The fourth-order valence-corrected chi connectivity index (χ4v) is 2.26. The van der Waals surface area contributed by atoms with Gasteiger partial charge in [-0.2, -0.15) is 0 Å². The molecule has 1 unspecified atom stereocenters. The fourth-order valence-electron chi connectivity index (χ4n) is 2.26. The Morgan fingerprint density at radius 2 is 2.05 bits per heavy atom. The van der Waals surface area contributed by atoms with Crippen LogP contribution in [-0.2, 0) is 14.3 Å². The van der Waals surface area contributed by atoms with Crippen LogP contribution >= 0.6 is 0 Å². The van der Waals surface area contributed by atoms with E-state index in [0.29, 0.717) is 25.9 Å². The lowest BCUT2D eigenvalue weighted by Gasteiger charge is -2.27.